The molecular weight excluding hydrogens is 265 g/mol. The fraction of sp³-hybridized carbons (Fsp3) is 0.182. The lowest BCUT2D eigenvalue weighted by atomic mass is 10.1. The first-order valence-electron chi connectivity index (χ1n) is 4.63. The Balaban J connectivity index is 2.33. The van der Waals surface area contributed by atoms with E-state index < -0.39 is 6.10 Å². The van der Waals surface area contributed by atoms with Gasteiger partial charge in [0, 0.05) is 5.02 Å². The van der Waals surface area contributed by atoms with E-state index in [4.69, 9.17) is 23.2 Å². The van der Waals surface area contributed by atoms with Crippen molar-refractivity contribution in [2.75, 3.05) is 0 Å². The first-order chi connectivity index (χ1) is 7.58. The second kappa shape index (κ2) is 4.72. The zero-order chi connectivity index (χ0) is 11.7. The standard InChI is InChI=1S/C11H9Cl2NOS/c1-6-2-3-7(4-8(6)12)10(15)11-14-5-9(13)16-11/h2-5,10,15H,1H3. The topological polar surface area (TPSA) is 33.1 Å². The lowest BCUT2D eigenvalue weighted by molar-refractivity contribution is 0.220. The fourth-order valence-electron chi connectivity index (χ4n) is 1.32. The maximum absolute atomic E-state index is 10.1. The van der Waals surface area contributed by atoms with E-state index in [1.807, 2.05) is 19.1 Å². The fourth-order valence-corrected chi connectivity index (χ4v) is 2.45. The summed E-state index contributed by atoms with van der Waals surface area (Å²) < 4.78 is 0.562. The van der Waals surface area contributed by atoms with E-state index in [0.29, 0.717) is 14.4 Å². The maximum atomic E-state index is 10.1. The van der Waals surface area contributed by atoms with E-state index >= 15 is 0 Å². The number of thiazole rings is 1. The molecule has 1 aromatic carbocycles. The van der Waals surface area contributed by atoms with Crippen LogP contribution in [-0.2, 0) is 0 Å². The number of rotatable bonds is 2. The van der Waals surface area contributed by atoms with Crippen molar-refractivity contribution in [2.24, 2.45) is 0 Å². The van der Waals surface area contributed by atoms with Crippen LogP contribution in [0.1, 0.15) is 22.2 Å². The number of aryl methyl sites for hydroxylation is 1. The molecule has 0 aliphatic carbocycles. The highest BCUT2D eigenvalue weighted by Crippen LogP contribution is 2.30. The molecule has 5 heteroatoms. The van der Waals surface area contributed by atoms with Gasteiger partial charge in [0.15, 0.2) is 0 Å². The van der Waals surface area contributed by atoms with Gasteiger partial charge in [0.1, 0.15) is 15.4 Å². The van der Waals surface area contributed by atoms with Crippen LogP contribution in [0.3, 0.4) is 0 Å². The van der Waals surface area contributed by atoms with Gasteiger partial charge in [-0.1, -0.05) is 35.3 Å². The van der Waals surface area contributed by atoms with E-state index in [0.717, 1.165) is 11.1 Å². The monoisotopic (exact) mass is 273 g/mol. The molecule has 16 heavy (non-hydrogen) atoms. The minimum atomic E-state index is -0.768. The van der Waals surface area contributed by atoms with Crippen LogP contribution in [0.5, 0.6) is 0 Å². The van der Waals surface area contributed by atoms with Crippen molar-refractivity contribution in [1.29, 1.82) is 0 Å². The average molecular weight is 274 g/mol. The summed E-state index contributed by atoms with van der Waals surface area (Å²) in [5, 5.41) is 11.3. The summed E-state index contributed by atoms with van der Waals surface area (Å²) in [4.78, 5) is 4.04. The van der Waals surface area contributed by atoms with Crippen molar-refractivity contribution in [3.63, 3.8) is 0 Å². The molecule has 1 unspecified atom stereocenters. The highest BCUT2D eigenvalue weighted by atomic mass is 35.5. The third-order valence-electron chi connectivity index (χ3n) is 2.24. The molecule has 1 aromatic heterocycles. The van der Waals surface area contributed by atoms with Crippen LogP contribution in [0, 0.1) is 6.92 Å². The molecule has 0 aliphatic rings. The molecule has 84 valence electrons. The van der Waals surface area contributed by atoms with Gasteiger partial charge in [0.05, 0.1) is 6.20 Å². The van der Waals surface area contributed by atoms with Crippen LogP contribution in [0.2, 0.25) is 9.36 Å². The van der Waals surface area contributed by atoms with Gasteiger partial charge in [-0.3, -0.25) is 0 Å². The molecule has 1 heterocycles. The SMILES string of the molecule is Cc1ccc(C(O)c2ncc(Cl)s2)cc1Cl. The summed E-state index contributed by atoms with van der Waals surface area (Å²) in [6.45, 7) is 1.92. The molecule has 0 saturated carbocycles. The average Bonchev–Trinajstić information content (AvgIpc) is 2.68. The zero-order valence-corrected chi connectivity index (χ0v) is 10.8. The van der Waals surface area contributed by atoms with Crippen molar-refractivity contribution < 1.29 is 5.11 Å². The van der Waals surface area contributed by atoms with Crippen molar-refractivity contribution in [3.05, 3.63) is 49.9 Å². The minimum Gasteiger partial charge on any atom is -0.381 e. The Morgan fingerprint density at radius 1 is 1.38 bits per heavy atom. The first kappa shape index (κ1) is 11.9. The number of hydrogen-bond acceptors (Lipinski definition) is 3. The Hall–Kier alpha value is -0.610. The van der Waals surface area contributed by atoms with Crippen LogP contribution in [0.15, 0.2) is 24.4 Å². The van der Waals surface area contributed by atoms with Gasteiger partial charge in [-0.25, -0.2) is 4.98 Å². The minimum absolute atomic E-state index is 0.562. The molecule has 1 N–H and O–H groups in total. The van der Waals surface area contributed by atoms with Gasteiger partial charge < -0.3 is 5.11 Å². The molecule has 0 spiro atoms. The van der Waals surface area contributed by atoms with E-state index in [2.05, 4.69) is 4.98 Å². The summed E-state index contributed by atoms with van der Waals surface area (Å²) in [6, 6.07) is 5.45. The molecule has 0 saturated heterocycles. The Morgan fingerprint density at radius 2 is 2.12 bits per heavy atom. The van der Waals surface area contributed by atoms with Gasteiger partial charge in [-0.15, -0.1) is 11.3 Å². The van der Waals surface area contributed by atoms with Crippen molar-refractivity contribution in [1.82, 2.24) is 4.98 Å². The van der Waals surface area contributed by atoms with Gasteiger partial charge in [-0.2, -0.15) is 0 Å². The second-order valence-corrected chi connectivity index (χ2v) is 5.51. The molecule has 0 aliphatic heterocycles. The molecule has 2 nitrogen and oxygen atoms in total. The lowest BCUT2D eigenvalue weighted by Crippen LogP contribution is -1.98. The summed E-state index contributed by atoms with van der Waals surface area (Å²) in [7, 11) is 0. The maximum Gasteiger partial charge on any atom is 0.131 e. The molecular formula is C11H9Cl2NOS. The summed E-state index contributed by atoms with van der Waals surface area (Å²) >= 11 is 13.0. The molecule has 2 aromatic rings. The van der Waals surface area contributed by atoms with Crippen molar-refractivity contribution >= 4 is 34.5 Å². The van der Waals surface area contributed by atoms with E-state index in [1.165, 1.54) is 17.5 Å². The van der Waals surface area contributed by atoms with Crippen molar-refractivity contribution in [2.45, 2.75) is 13.0 Å². The quantitative estimate of drug-likeness (QED) is 0.902. The molecule has 1 atom stereocenters. The van der Waals surface area contributed by atoms with Crippen LogP contribution >= 0.6 is 34.5 Å². The largest absolute Gasteiger partial charge is 0.381 e. The summed E-state index contributed by atoms with van der Waals surface area (Å²) in [6.07, 6.45) is 0.760. The Labute approximate surface area is 107 Å². The van der Waals surface area contributed by atoms with Crippen LogP contribution in [0.4, 0.5) is 0 Å². The Bertz CT molecular complexity index is 512. The smallest absolute Gasteiger partial charge is 0.131 e. The summed E-state index contributed by atoms with van der Waals surface area (Å²) in [5.74, 6) is 0. The molecule has 2 rings (SSSR count). The number of hydrogen-bond donors (Lipinski definition) is 1. The number of aliphatic hydroxyl groups excluding tert-OH is 1. The number of aliphatic hydroxyl groups is 1. The third-order valence-corrected chi connectivity index (χ3v) is 3.82. The number of aromatic nitrogens is 1. The third kappa shape index (κ3) is 2.38. The van der Waals surface area contributed by atoms with Crippen LogP contribution in [0.25, 0.3) is 0 Å². The van der Waals surface area contributed by atoms with Gasteiger partial charge in [-0.05, 0) is 24.1 Å². The second-order valence-electron chi connectivity index (χ2n) is 3.41. The molecule has 0 amide bonds. The van der Waals surface area contributed by atoms with E-state index in [1.54, 1.807) is 6.07 Å². The van der Waals surface area contributed by atoms with Gasteiger partial charge in [0.2, 0.25) is 0 Å². The molecule has 0 bridgehead atoms. The molecule has 0 radical (unpaired) electrons. The van der Waals surface area contributed by atoms with Crippen LogP contribution < -0.4 is 0 Å². The lowest BCUT2D eigenvalue weighted by Gasteiger charge is -2.09. The van der Waals surface area contributed by atoms with Crippen molar-refractivity contribution in [3.8, 4) is 0 Å². The normalized spacial score (nSPS) is 12.8. The Kier molecular flexibility index (Phi) is 3.50. The van der Waals surface area contributed by atoms with Gasteiger partial charge in [0.25, 0.3) is 0 Å². The first-order valence-corrected chi connectivity index (χ1v) is 6.20. The van der Waals surface area contributed by atoms with Gasteiger partial charge >= 0.3 is 0 Å². The summed E-state index contributed by atoms with van der Waals surface area (Å²) in [5.41, 5.74) is 1.71. The number of halogens is 2. The number of benzene rings is 1. The van der Waals surface area contributed by atoms with E-state index in [-0.39, 0.29) is 0 Å². The Morgan fingerprint density at radius 3 is 2.69 bits per heavy atom. The highest BCUT2D eigenvalue weighted by Gasteiger charge is 2.15. The zero-order valence-electron chi connectivity index (χ0n) is 8.45. The van der Waals surface area contributed by atoms with E-state index in [9.17, 15) is 5.11 Å². The molecule has 0 fully saturated rings. The number of nitrogens with zero attached hydrogens (tertiary/aromatic N) is 1. The predicted molar refractivity (Wildman–Crippen MR) is 67.4 cm³/mol. The highest BCUT2D eigenvalue weighted by molar-refractivity contribution is 7.15. The van der Waals surface area contributed by atoms with Crippen LogP contribution in [-0.4, -0.2) is 10.1 Å². The predicted octanol–water partition coefficient (Wildman–Crippen LogP) is 3.84.